The number of H-pyrrole nitrogens is 1. The number of nitrogens with one attached hydrogen (secondary N) is 1. The van der Waals surface area contributed by atoms with Crippen molar-refractivity contribution in [2.45, 2.75) is 26.2 Å². The largest absolute Gasteiger partial charge is 0.368 e. The van der Waals surface area contributed by atoms with Crippen LogP contribution in [0.5, 0.6) is 0 Å². The van der Waals surface area contributed by atoms with Gasteiger partial charge in [-0.05, 0) is 37.5 Å². The normalized spacial score (nSPS) is 16.8. The number of carbonyl (C=O) groups excluding carboxylic acids is 2. The average Bonchev–Trinajstić information content (AvgIpc) is 3.05. The van der Waals surface area contributed by atoms with Crippen LogP contribution in [0, 0.1) is 17.0 Å². The van der Waals surface area contributed by atoms with Gasteiger partial charge in [0.1, 0.15) is 5.69 Å². The average molecular weight is 382 g/mol. The second kappa shape index (κ2) is 7.10. The second-order valence-electron chi connectivity index (χ2n) is 7.31. The quantitative estimate of drug-likeness (QED) is 0.650. The number of hydrogen-bond donors (Lipinski definition) is 1. The molecule has 8 heteroatoms. The number of aromatic amines is 1. The molecule has 1 N–H and O–H groups in total. The van der Waals surface area contributed by atoms with E-state index in [4.69, 9.17) is 0 Å². The van der Waals surface area contributed by atoms with Crippen LogP contribution in [0.15, 0.2) is 24.3 Å². The third-order valence-corrected chi connectivity index (χ3v) is 5.64. The number of non-ortho nitro benzene ring substituents is 1. The number of aryl methyl sites for hydroxylation is 1. The number of nitro benzene ring substituents is 1. The fourth-order valence-corrected chi connectivity index (χ4v) is 4.10. The Balaban J connectivity index is 1.45. The van der Waals surface area contributed by atoms with E-state index < -0.39 is 4.92 Å². The van der Waals surface area contributed by atoms with Crippen molar-refractivity contribution in [2.75, 3.05) is 31.1 Å². The van der Waals surface area contributed by atoms with Crippen molar-refractivity contribution in [2.24, 2.45) is 0 Å². The minimum Gasteiger partial charge on any atom is -0.368 e. The number of aromatic nitrogens is 1. The molecule has 1 aliphatic carbocycles. The maximum absolute atomic E-state index is 13.0. The van der Waals surface area contributed by atoms with E-state index in [2.05, 4.69) is 9.88 Å². The lowest BCUT2D eigenvalue weighted by Gasteiger charge is -2.36. The monoisotopic (exact) mass is 382 g/mol. The topological polar surface area (TPSA) is 99.5 Å². The molecule has 8 nitrogen and oxygen atoms in total. The zero-order chi connectivity index (χ0) is 19.8. The first-order chi connectivity index (χ1) is 13.5. The summed E-state index contributed by atoms with van der Waals surface area (Å²) >= 11 is 0. The van der Waals surface area contributed by atoms with Gasteiger partial charge in [-0.1, -0.05) is 0 Å². The molecule has 0 radical (unpaired) electrons. The van der Waals surface area contributed by atoms with Crippen LogP contribution in [0.1, 0.15) is 44.9 Å². The van der Waals surface area contributed by atoms with E-state index in [1.54, 1.807) is 17.0 Å². The predicted octanol–water partition coefficient (Wildman–Crippen LogP) is 2.71. The lowest BCUT2D eigenvalue weighted by atomic mass is 9.93. The van der Waals surface area contributed by atoms with Crippen LogP contribution in [0.2, 0.25) is 0 Å². The first-order valence-electron chi connectivity index (χ1n) is 9.49. The van der Waals surface area contributed by atoms with E-state index in [1.165, 1.54) is 12.1 Å². The molecule has 1 fully saturated rings. The maximum Gasteiger partial charge on any atom is 0.270 e. The Hall–Kier alpha value is -3.16. The maximum atomic E-state index is 13.0. The Morgan fingerprint density at radius 2 is 1.79 bits per heavy atom. The van der Waals surface area contributed by atoms with Gasteiger partial charge >= 0.3 is 0 Å². The summed E-state index contributed by atoms with van der Waals surface area (Å²) in [6, 6.07) is 6.47. The van der Waals surface area contributed by atoms with E-state index in [-0.39, 0.29) is 17.4 Å². The van der Waals surface area contributed by atoms with Crippen LogP contribution in [0.4, 0.5) is 11.4 Å². The molecule has 1 aromatic carbocycles. The van der Waals surface area contributed by atoms with Crippen LogP contribution in [0.25, 0.3) is 0 Å². The summed E-state index contributed by atoms with van der Waals surface area (Å²) < 4.78 is 0. The molecule has 0 saturated carbocycles. The van der Waals surface area contributed by atoms with Gasteiger partial charge in [-0.25, -0.2) is 0 Å². The molecule has 146 valence electrons. The summed E-state index contributed by atoms with van der Waals surface area (Å²) in [4.78, 5) is 42.7. The zero-order valence-corrected chi connectivity index (χ0v) is 15.7. The molecule has 28 heavy (non-hydrogen) atoms. The molecule has 4 rings (SSSR count). The minimum absolute atomic E-state index is 0.0666. The summed E-state index contributed by atoms with van der Waals surface area (Å²) in [6.07, 6.45) is 2.18. The number of nitrogens with zero attached hydrogens (tertiary/aromatic N) is 3. The molecule has 2 aromatic rings. The molecule has 2 aliphatic rings. The third-order valence-electron chi connectivity index (χ3n) is 5.64. The van der Waals surface area contributed by atoms with Gasteiger partial charge in [0.25, 0.3) is 11.6 Å². The highest BCUT2D eigenvalue weighted by Gasteiger charge is 2.30. The van der Waals surface area contributed by atoms with Crippen LogP contribution in [-0.2, 0) is 6.42 Å². The molecule has 0 unspecified atom stereocenters. The number of rotatable bonds is 3. The molecule has 0 spiro atoms. The Morgan fingerprint density at radius 3 is 2.39 bits per heavy atom. The van der Waals surface area contributed by atoms with Gasteiger partial charge in [-0.3, -0.25) is 19.7 Å². The zero-order valence-electron chi connectivity index (χ0n) is 15.7. The highest BCUT2D eigenvalue weighted by atomic mass is 16.6. The SMILES string of the molecule is Cc1c(C(=O)N2CCN(c3ccc([N+](=O)[O-])cc3)CC2)[nH]c2c1C(=O)CCC2. The third kappa shape index (κ3) is 3.15. The van der Waals surface area contributed by atoms with E-state index in [0.29, 0.717) is 43.9 Å². The number of nitro groups is 1. The van der Waals surface area contributed by atoms with Gasteiger partial charge in [0.15, 0.2) is 5.78 Å². The number of hydrogen-bond acceptors (Lipinski definition) is 5. The Kier molecular flexibility index (Phi) is 4.62. The van der Waals surface area contributed by atoms with Crippen LogP contribution in [0.3, 0.4) is 0 Å². The smallest absolute Gasteiger partial charge is 0.270 e. The summed E-state index contributed by atoms with van der Waals surface area (Å²) in [5, 5.41) is 10.8. The number of fused-ring (bicyclic) bond motifs is 1. The Morgan fingerprint density at radius 1 is 1.11 bits per heavy atom. The van der Waals surface area contributed by atoms with E-state index >= 15 is 0 Å². The molecule has 1 aliphatic heterocycles. The van der Waals surface area contributed by atoms with Crippen LogP contribution < -0.4 is 4.90 Å². The summed E-state index contributed by atoms with van der Waals surface area (Å²) in [5.41, 5.74) is 3.88. The van der Waals surface area contributed by atoms with Gasteiger partial charge in [0, 0.05) is 61.7 Å². The van der Waals surface area contributed by atoms with Crippen LogP contribution >= 0.6 is 0 Å². The molecular formula is C20H22N4O4. The first-order valence-corrected chi connectivity index (χ1v) is 9.49. The summed E-state index contributed by atoms with van der Waals surface area (Å²) in [7, 11) is 0. The molecular weight excluding hydrogens is 360 g/mol. The molecule has 1 aromatic heterocycles. The highest BCUT2D eigenvalue weighted by molar-refractivity contribution is 6.04. The Labute approximate surface area is 162 Å². The molecule has 0 atom stereocenters. The summed E-state index contributed by atoms with van der Waals surface area (Å²) in [5.74, 6) is 0.0556. The number of piperazine rings is 1. The van der Waals surface area contributed by atoms with Crippen molar-refractivity contribution in [3.63, 3.8) is 0 Å². The number of ketones is 1. The predicted molar refractivity (Wildman–Crippen MR) is 104 cm³/mol. The minimum atomic E-state index is -0.413. The Bertz CT molecular complexity index is 940. The van der Waals surface area contributed by atoms with Crippen molar-refractivity contribution < 1.29 is 14.5 Å². The fourth-order valence-electron chi connectivity index (χ4n) is 4.10. The van der Waals surface area contributed by atoms with Crippen molar-refractivity contribution in [1.29, 1.82) is 0 Å². The molecule has 2 heterocycles. The first kappa shape index (κ1) is 18.2. The van der Waals surface area contributed by atoms with Crippen molar-refractivity contribution >= 4 is 23.1 Å². The molecule has 0 bridgehead atoms. The van der Waals surface area contributed by atoms with Crippen LogP contribution in [-0.4, -0.2) is 52.7 Å². The fraction of sp³-hybridized carbons (Fsp3) is 0.400. The van der Waals surface area contributed by atoms with Gasteiger partial charge in [-0.15, -0.1) is 0 Å². The van der Waals surface area contributed by atoms with Gasteiger partial charge in [0.2, 0.25) is 0 Å². The lowest BCUT2D eigenvalue weighted by Crippen LogP contribution is -2.49. The van der Waals surface area contributed by atoms with E-state index in [0.717, 1.165) is 29.8 Å². The van der Waals surface area contributed by atoms with Gasteiger partial charge in [-0.2, -0.15) is 0 Å². The van der Waals surface area contributed by atoms with Crippen molar-refractivity contribution in [1.82, 2.24) is 9.88 Å². The molecule has 1 amide bonds. The molecule has 1 saturated heterocycles. The van der Waals surface area contributed by atoms with Crippen molar-refractivity contribution in [3.8, 4) is 0 Å². The summed E-state index contributed by atoms with van der Waals surface area (Å²) in [6.45, 7) is 4.28. The van der Waals surface area contributed by atoms with Gasteiger partial charge < -0.3 is 14.8 Å². The van der Waals surface area contributed by atoms with Gasteiger partial charge in [0.05, 0.1) is 4.92 Å². The number of anilines is 1. The highest BCUT2D eigenvalue weighted by Crippen LogP contribution is 2.28. The van der Waals surface area contributed by atoms with E-state index in [9.17, 15) is 19.7 Å². The number of benzene rings is 1. The standard InChI is InChI=1S/C20H22N4O4/c1-13-18-16(3-2-4-17(18)25)21-19(13)20(26)23-11-9-22(10-12-23)14-5-7-15(8-6-14)24(27)28/h5-8,21H,2-4,9-12H2,1H3. The number of carbonyl (C=O) groups is 2. The number of Topliss-reactive ketones (excluding diaryl/α,β-unsaturated/α-hetero) is 1. The number of amides is 1. The van der Waals surface area contributed by atoms with E-state index in [1.807, 2.05) is 6.92 Å². The lowest BCUT2D eigenvalue weighted by molar-refractivity contribution is -0.384. The second-order valence-corrected chi connectivity index (χ2v) is 7.31. The van der Waals surface area contributed by atoms with Crippen molar-refractivity contribution in [3.05, 3.63) is 56.9 Å².